The molecule has 0 radical (unpaired) electrons. The van der Waals surface area contributed by atoms with Gasteiger partial charge in [-0.15, -0.1) is 0 Å². The van der Waals surface area contributed by atoms with Gasteiger partial charge in [0.25, 0.3) is 0 Å². The number of rotatable bonds is 3. The molecule has 0 bridgehead atoms. The molecule has 0 amide bonds. The Labute approximate surface area is 119 Å². The third-order valence-corrected chi connectivity index (χ3v) is 11.2. The van der Waals surface area contributed by atoms with E-state index in [4.69, 9.17) is 0 Å². The fourth-order valence-electron chi connectivity index (χ4n) is 1.62. The molecular formula is C15H18ISn+. The van der Waals surface area contributed by atoms with E-state index < -0.39 is 18.4 Å². The molecular weight excluding hydrogens is 426 g/mol. The first-order chi connectivity index (χ1) is 8.05. The van der Waals surface area contributed by atoms with Crippen molar-refractivity contribution in [2.45, 2.75) is 14.8 Å². The summed E-state index contributed by atoms with van der Waals surface area (Å²) in [5, 5.41) is 0. The Bertz CT molecular complexity index is 469. The predicted molar refractivity (Wildman–Crippen MR) is 73.3 cm³/mol. The van der Waals surface area contributed by atoms with Gasteiger partial charge in [-0.25, -0.2) is 0 Å². The fraction of sp³-hybridized carbons (Fsp3) is 0.200. The molecule has 0 aromatic heterocycles. The van der Waals surface area contributed by atoms with Crippen molar-refractivity contribution >= 4 is 22.0 Å². The molecule has 2 aromatic carbocycles. The van der Waals surface area contributed by atoms with Crippen LogP contribution in [0.4, 0.5) is 0 Å². The van der Waals surface area contributed by atoms with E-state index in [2.05, 4.69) is 69.4 Å². The zero-order valence-corrected chi connectivity index (χ0v) is 15.6. The topological polar surface area (TPSA) is 0 Å². The number of hydrogen-bond acceptors (Lipinski definition) is 0. The van der Waals surface area contributed by atoms with Crippen LogP contribution in [0.3, 0.4) is 0 Å². The van der Waals surface area contributed by atoms with Crippen LogP contribution in [0.15, 0.2) is 54.6 Å². The van der Waals surface area contributed by atoms with Gasteiger partial charge in [0.05, 0.1) is 0 Å². The SMILES string of the molecule is [CH3][Sn]([CH3])([CH3])[c]1ccc([I+]c2ccccc2)cc1. The Balaban J connectivity index is 2.14. The second-order valence-corrected chi connectivity index (χ2v) is 22.7. The van der Waals surface area contributed by atoms with Crippen molar-refractivity contribution in [2.75, 3.05) is 0 Å². The average Bonchev–Trinajstić information content (AvgIpc) is 2.30. The number of halogens is 1. The van der Waals surface area contributed by atoms with Gasteiger partial charge in [-0.1, -0.05) is 0 Å². The van der Waals surface area contributed by atoms with E-state index in [1.54, 1.807) is 3.58 Å². The predicted octanol–water partition coefficient (Wildman–Crippen LogP) is 0.360. The van der Waals surface area contributed by atoms with Crippen molar-refractivity contribution in [3.05, 3.63) is 61.7 Å². The third kappa shape index (κ3) is 3.98. The third-order valence-electron chi connectivity index (χ3n) is 2.66. The van der Waals surface area contributed by atoms with Gasteiger partial charge in [0.2, 0.25) is 0 Å². The number of benzene rings is 2. The summed E-state index contributed by atoms with van der Waals surface area (Å²) in [6.07, 6.45) is 0. The molecule has 88 valence electrons. The van der Waals surface area contributed by atoms with Gasteiger partial charge in [-0.3, -0.25) is 0 Å². The molecule has 0 N–H and O–H groups in total. The molecule has 0 unspecified atom stereocenters. The maximum absolute atomic E-state index is 2.47. The Morgan fingerprint density at radius 2 is 1.24 bits per heavy atom. The van der Waals surface area contributed by atoms with Gasteiger partial charge in [0.15, 0.2) is 0 Å². The Hall–Kier alpha value is -0.0313. The summed E-state index contributed by atoms with van der Waals surface area (Å²) in [6, 6.07) is 20.3. The normalized spacial score (nSPS) is 11.5. The molecule has 0 spiro atoms. The van der Waals surface area contributed by atoms with Gasteiger partial charge in [-0.05, 0) is 0 Å². The second kappa shape index (κ2) is 5.74. The monoisotopic (exact) mass is 445 g/mol. The van der Waals surface area contributed by atoms with E-state index in [0.717, 1.165) is 0 Å². The molecule has 0 saturated carbocycles. The van der Waals surface area contributed by atoms with Crippen LogP contribution in [-0.2, 0) is 0 Å². The molecule has 0 aliphatic carbocycles. The van der Waals surface area contributed by atoms with Crippen LogP contribution in [0, 0.1) is 7.14 Å². The summed E-state index contributed by atoms with van der Waals surface area (Å²) < 4.78 is 4.65. The van der Waals surface area contributed by atoms with E-state index in [1.807, 2.05) is 0 Å². The van der Waals surface area contributed by atoms with Gasteiger partial charge in [-0.2, -0.15) is 0 Å². The molecule has 2 aromatic rings. The van der Waals surface area contributed by atoms with Crippen LogP contribution in [0.1, 0.15) is 0 Å². The molecule has 2 heteroatoms. The molecule has 0 fully saturated rings. The summed E-state index contributed by atoms with van der Waals surface area (Å²) >= 11 is -1.85. The first-order valence-corrected chi connectivity index (χ1v) is 18.0. The average molecular weight is 444 g/mol. The van der Waals surface area contributed by atoms with E-state index in [1.165, 1.54) is 7.14 Å². The van der Waals surface area contributed by atoms with Crippen molar-refractivity contribution < 1.29 is 21.2 Å². The van der Waals surface area contributed by atoms with Crippen molar-refractivity contribution in [2.24, 2.45) is 0 Å². The van der Waals surface area contributed by atoms with E-state index in [9.17, 15) is 0 Å². The minimum atomic E-state index is -1.85. The first kappa shape index (κ1) is 13.4. The van der Waals surface area contributed by atoms with Crippen LogP contribution in [-0.4, -0.2) is 18.4 Å². The van der Waals surface area contributed by atoms with Gasteiger partial charge >= 0.3 is 120 Å². The van der Waals surface area contributed by atoms with Crippen molar-refractivity contribution in [1.82, 2.24) is 0 Å². The zero-order chi connectivity index (χ0) is 12.3. The Morgan fingerprint density at radius 3 is 1.76 bits per heavy atom. The Morgan fingerprint density at radius 1 is 0.706 bits per heavy atom. The minimum absolute atomic E-state index is 0.00253. The Kier molecular flexibility index (Phi) is 4.52. The van der Waals surface area contributed by atoms with Gasteiger partial charge < -0.3 is 0 Å². The van der Waals surface area contributed by atoms with Crippen LogP contribution in [0.2, 0.25) is 14.8 Å². The van der Waals surface area contributed by atoms with Crippen LogP contribution in [0.25, 0.3) is 0 Å². The van der Waals surface area contributed by atoms with Gasteiger partial charge in [0.1, 0.15) is 0 Å². The van der Waals surface area contributed by atoms with Crippen LogP contribution < -0.4 is 24.8 Å². The zero-order valence-electron chi connectivity index (χ0n) is 10.6. The van der Waals surface area contributed by atoms with Crippen LogP contribution in [0.5, 0.6) is 0 Å². The van der Waals surface area contributed by atoms with Crippen molar-refractivity contribution in [3.8, 4) is 0 Å². The summed E-state index contributed by atoms with van der Waals surface area (Å²) in [6.45, 7) is 0. The van der Waals surface area contributed by atoms with Gasteiger partial charge in [0, 0.05) is 0 Å². The second-order valence-electron chi connectivity index (χ2n) is 5.15. The van der Waals surface area contributed by atoms with Crippen molar-refractivity contribution in [1.29, 1.82) is 0 Å². The summed E-state index contributed by atoms with van der Waals surface area (Å²) in [5.41, 5.74) is 0. The number of hydrogen-bond donors (Lipinski definition) is 0. The molecule has 17 heavy (non-hydrogen) atoms. The maximum atomic E-state index is 2.47. The van der Waals surface area contributed by atoms with E-state index in [-0.39, 0.29) is 21.2 Å². The molecule has 0 atom stereocenters. The molecule has 2 rings (SSSR count). The standard InChI is InChI=1S/C12H9I.3CH3.Sn/c1-3-7-11(8-4-1)13-12-9-5-2-6-10-12;;;;/h1,3-10H;3*1H3;/q+1;;;;. The molecule has 0 saturated heterocycles. The van der Waals surface area contributed by atoms with E-state index in [0.29, 0.717) is 0 Å². The first-order valence-electron chi connectivity index (χ1n) is 5.86. The van der Waals surface area contributed by atoms with Crippen molar-refractivity contribution in [3.63, 3.8) is 0 Å². The van der Waals surface area contributed by atoms with E-state index >= 15 is 0 Å². The van der Waals surface area contributed by atoms with Crippen LogP contribution >= 0.6 is 0 Å². The summed E-state index contributed by atoms with van der Waals surface area (Å²) in [4.78, 5) is 7.40. The molecule has 0 nitrogen and oxygen atoms in total. The molecule has 0 aliphatic rings. The summed E-state index contributed by atoms with van der Waals surface area (Å²) in [7, 11) is 0. The quantitative estimate of drug-likeness (QED) is 0.475. The summed E-state index contributed by atoms with van der Waals surface area (Å²) in [5.74, 6) is 0. The fourth-order valence-corrected chi connectivity index (χ4v) is 7.16. The molecule has 0 aliphatic heterocycles. The molecule has 0 heterocycles.